The largest absolute Gasteiger partial charge is 0.371 e. The Kier molecular flexibility index (Phi) is 6.63. The Hall–Kier alpha value is -1.09. The average molecular weight is 238 g/mol. The van der Waals surface area contributed by atoms with Crippen LogP contribution in [0.1, 0.15) is 26.2 Å². The minimum Gasteiger partial charge on any atom is -0.371 e. The third-order valence-corrected chi connectivity index (χ3v) is 2.84. The quantitative estimate of drug-likeness (QED) is 0.700. The molecule has 0 aliphatic rings. The van der Waals surface area contributed by atoms with Gasteiger partial charge in [0.1, 0.15) is 5.82 Å². The van der Waals surface area contributed by atoms with Crippen LogP contribution in [0.15, 0.2) is 24.3 Å². The molecule has 0 saturated carbocycles. The van der Waals surface area contributed by atoms with E-state index in [9.17, 15) is 4.39 Å². The molecule has 0 atom stereocenters. The van der Waals surface area contributed by atoms with Gasteiger partial charge in [-0.15, -0.1) is 0 Å². The number of hydrogen-bond donors (Lipinski definition) is 1. The lowest BCUT2D eigenvalue weighted by Crippen LogP contribution is -2.30. The summed E-state index contributed by atoms with van der Waals surface area (Å²) in [6.45, 7) is 4.98. The van der Waals surface area contributed by atoms with Crippen molar-refractivity contribution in [1.82, 2.24) is 5.32 Å². The molecule has 1 rings (SSSR count). The Bertz CT molecular complexity index is 315. The smallest absolute Gasteiger partial charge is 0.146 e. The van der Waals surface area contributed by atoms with Crippen LogP contribution in [0.3, 0.4) is 0 Å². The zero-order valence-electron chi connectivity index (χ0n) is 10.9. The number of unbranched alkanes of at least 4 members (excludes halogenated alkanes) is 2. The predicted octanol–water partition coefficient (Wildman–Crippen LogP) is 3.04. The van der Waals surface area contributed by atoms with Gasteiger partial charge in [-0.2, -0.15) is 0 Å². The fraction of sp³-hybridized carbons (Fsp3) is 0.571. The van der Waals surface area contributed by atoms with Crippen LogP contribution in [0.25, 0.3) is 0 Å². The van der Waals surface area contributed by atoms with Crippen molar-refractivity contribution in [3.63, 3.8) is 0 Å². The van der Waals surface area contributed by atoms with Crippen LogP contribution >= 0.6 is 0 Å². The van der Waals surface area contributed by atoms with Crippen LogP contribution in [0.5, 0.6) is 0 Å². The van der Waals surface area contributed by atoms with Crippen LogP contribution in [0.2, 0.25) is 0 Å². The molecule has 0 radical (unpaired) electrons. The van der Waals surface area contributed by atoms with Gasteiger partial charge in [0, 0.05) is 20.1 Å². The number of halogens is 1. The first-order chi connectivity index (χ1) is 8.25. The molecule has 1 aromatic carbocycles. The molecule has 96 valence electrons. The van der Waals surface area contributed by atoms with Gasteiger partial charge in [-0.25, -0.2) is 4.39 Å². The van der Waals surface area contributed by atoms with Gasteiger partial charge in [-0.3, -0.25) is 0 Å². The first-order valence-corrected chi connectivity index (χ1v) is 6.42. The number of benzene rings is 1. The number of nitrogens with zero attached hydrogens (tertiary/aromatic N) is 1. The van der Waals surface area contributed by atoms with E-state index in [4.69, 9.17) is 0 Å². The molecule has 17 heavy (non-hydrogen) atoms. The van der Waals surface area contributed by atoms with E-state index >= 15 is 0 Å². The van der Waals surface area contributed by atoms with Gasteiger partial charge in [-0.05, 0) is 25.1 Å². The molecule has 0 amide bonds. The second-order valence-corrected chi connectivity index (χ2v) is 4.33. The molecule has 1 aromatic rings. The maximum atomic E-state index is 13.5. The Morgan fingerprint density at radius 2 is 1.94 bits per heavy atom. The van der Waals surface area contributed by atoms with Gasteiger partial charge >= 0.3 is 0 Å². The van der Waals surface area contributed by atoms with Crippen LogP contribution < -0.4 is 10.2 Å². The normalized spacial score (nSPS) is 10.5. The van der Waals surface area contributed by atoms with E-state index in [-0.39, 0.29) is 5.82 Å². The summed E-state index contributed by atoms with van der Waals surface area (Å²) in [5, 5.41) is 3.38. The molecular formula is C14H23FN2. The zero-order chi connectivity index (χ0) is 12.5. The van der Waals surface area contributed by atoms with Crippen molar-refractivity contribution < 1.29 is 4.39 Å². The Morgan fingerprint density at radius 3 is 2.65 bits per heavy atom. The fourth-order valence-electron chi connectivity index (χ4n) is 1.75. The monoisotopic (exact) mass is 238 g/mol. The van der Waals surface area contributed by atoms with Gasteiger partial charge in [0.05, 0.1) is 5.69 Å². The molecule has 0 spiro atoms. The van der Waals surface area contributed by atoms with Gasteiger partial charge in [-0.1, -0.05) is 31.9 Å². The van der Waals surface area contributed by atoms with Crippen LogP contribution in [0, 0.1) is 5.82 Å². The molecule has 0 aliphatic heterocycles. The topological polar surface area (TPSA) is 15.3 Å². The molecule has 0 aromatic heterocycles. The van der Waals surface area contributed by atoms with Crippen molar-refractivity contribution in [3.8, 4) is 0 Å². The summed E-state index contributed by atoms with van der Waals surface area (Å²) in [4.78, 5) is 1.95. The number of rotatable bonds is 8. The Morgan fingerprint density at radius 1 is 1.18 bits per heavy atom. The number of likely N-dealkylation sites (N-methyl/N-ethyl adjacent to an activating group) is 1. The minimum absolute atomic E-state index is 0.152. The second-order valence-electron chi connectivity index (χ2n) is 4.33. The number of hydrogen-bond acceptors (Lipinski definition) is 2. The number of anilines is 1. The van der Waals surface area contributed by atoms with Crippen molar-refractivity contribution in [2.75, 3.05) is 31.6 Å². The summed E-state index contributed by atoms with van der Waals surface area (Å²) < 4.78 is 13.5. The van der Waals surface area contributed by atoms with Gasteiger partial charge in [0.15, 0.2) is 0 Å². The summed E-state index contributed by atoms with van der Waals surface area (Å²) in [6.07, 6.45) is 3.74. The van der Waals surface area contributed by atoms with E-state index in [1.165, 1.54) is 25.3 Å². The third-order valence-electron chi connectivity index (χ3n) is 2.84. The summed E-state index contributed by atoms with van der Waals surface area (Å²) in [7, 11) is 1.92. The summed E-state index contributed by atoms with van der Waals surface area (Å²) in [6, 6.07) is 6.90. The number of nitrogens with one attached hydrogen (secondary N) is 1. The first-order valence-electron chi connectivity index (χ1n) is 6.42. The molecule has 0 heterocycles. The highest BCUT2D eigenvalue weighted by Crippen LogP contribution is 2.16. The predicted molar refractivity (Wildman–Crippen MR) is 72.1 cm³/mol. The standard InChI is InChI=1S/C14H23FN2/c1-3-4-7-10-16-11-12-17(2)14-9-6-5-8-13(14)15/h5-6,8-9,16H,3-4,7,10-12H2,1-2H3. The molecule has 2 nitrogen and oxygen atoms in total. The van der Waals surface area contributed by atoms with E-state index in [1.807, 2.05) is 24.1 Å². The maximum Gasteiger partial charge on any atom is 0.146 e. The molecule has 0 saturated heterocycles. The van der Waals surface area contributed by atoms with E-state index in [0.717, 1.165) is 19.6 Å². The van der Waals surface area contributed by atoms with Crippen molar-refractivity contribution >= 4 is 5.69 Å². The Labute approximate surface area is 104 Å². The molecule has 0 unspecified atom stereocenters. The molecule has 0 bridgehead atoms. The molecule has 0 fully saturated rings. The van der Waals surface area contributed by atoms with Crippen LogP contribution in [0.4, 0.5) is 10.1 Å². The van der Waals surface area contributed by atoms with Crippen molar-refractivity contribution in [2.45, 2.75) is 26.2 Å². The Balaban J connectivity index is 2.21. The molecule has 3 heteroatoms. The van der Waals surface area contributed by atoms with E-state index in [0.29, 0.717) is 5.69 Å². The van der Waals surface area contributed by atoms with Gasteiger partial charge < -0.3 is 10.2 Å². The lowest BCUT2D eigenvalue weighted by atomic mass is 10.2. The summed E-state index contributed by atoms with van der Waals surface area (Å²) >= 11 is 0. The molecule has 0 aliphatic carbocycles. The summed E-state index contributed by atoms with van der Waals surface area (Å²) in [5.74, 6) is -0.152. The van der Waals surface area contributed by atoms with Crippen LogP contribution in [-0.4, -0.2) is 26.7 Å². The van der Waals surface area contributed by atoms with Crippen LogP contribution in [-0.2, 0) is 0 Å². The SMILES string of the molecule is CCCCCNCCN(C)c1ccccc1F. The number of para-hydroxylation sites is 1. The van der Waals surface area contributed by atoms with E-state index in [2.05, 4.69) is 12.2 Å². The van der Waals surface area contributed by atoms with E-state index < -0.39 is 0 Å². The van der Waals surface area contributed by atoms with Crippen molar-refractivity contribution in [3.05, 3.63) is 30.1 Å². The first kappa shape index (κ1) is 14.0. The lowest BCUT2D eigenvalue weighted by molar-refractivity contribution is 0.602. The highest BCUT2D eigenvalue weighted by Gasteiger charge is 2.05. The molecular weight excluding hydrogens is 215 g/mol. The second kappa shape index (κ2) is 8.07. The fourth-order valence-corrected chi connectivity index (χ4v) is 1.75. The average Bonchev–Trinajstić information content (AvgIpc) is 2.34. The minimum atomic E-state index is -0.152. The van der Waals surface area contributed by atoms with Crippen molar-refractivity contribution in [1.29, 1.82) is 0 Å². The zero-order valence-corrected chi connectivity index (χ0v) is 10.9. The third kappa shape index (κ3) is 5.18. The molecule has 1 N–H and O–H groups in total. The summed E-state index contributed by atoms with van der Waals surface area (Å²) in [5.41, 5.74) is 0.669. The maximum absolute atomic E-state index is 13.5. The van der Waals surface area contributed by atoms with E-state index in [1.54, 1.807) is 6.07 Å². The highest BCUT2D eigenvalue weighted by molar-refractivity contribution is 5.46. The van der Waals surface area contributed by atoms with Gasteiger partial charge in [0.2, 0.25) is 0 Å². The van der Waals surface area contributed by atoms with Gasteiger partial charge in [0.25, 0.3) is 0 Å². The highest BCUT2D eigenvalue weighted by atomic mass is 19.1. The van der Waals surface area contributed by atoms with Crippen molar-refractivity contribution in [2.24, 2.45) is 0 Å². The lowest BCUT2D eigenvalue weighted by Gasteiger charge is -2.20.